The van der Waals surface area contributed by atoms with Gasteiger partial charge in [-0.05, 0) is 23.3 Å². The van der Waals surface area contributed by atoms with Gasteiger partial charge in [0.2, 0.25) is 0 Å². The summed E-state index contributed by atoms with van der Waals surface area (Å²) < 4.78 is 5.08. The smallest absolute Gasteiger partial charge is 0.407 e. The van der Waals surface area contributed by atoms with Crippen LogP contribution in [0.1, 0.15) is 11.1 Å². The molecule has 98 valence electrons. The minimum Gasteiger partial charge on any atom is -0.445 e. The zero-order valence-corrected chi connectivity index (χ0v) is 10.9. The molecule has 19 heavy (non-hydrogen) atoms. The molecule has 1 aromatic heterocycles. The number of nitrogens with zero attached hydrogens (tertiary/aromatic N) is 1. The average molecular weight is 277 g/mol. The van der Waals surface area contributed by atoms with Crippen LogP contribution < -0.4 is 5.32 Å². The molecule has 0 radical (unpaired) electrons. The van der Waals surface area contributed by atoms with Crippen LogP contribution in [-0.2, 0) is 17.9 Å². The number of amides is 1. The van der Waals surface area contributed by atoms with Crippen LogP contribution in [0.15, 0.2) is 48.7 Å². The van der Waals surface area contributed by atoms with Crippen molar-refractivity contribution in [3.05, 3.63) is 64.9 Å². The number of aromatic nitrogens is 1. The molecule has 0 fully saturated rings. The maximum atomic E-state index is 11.5. The highest BCUT2D eigenvalue weighted by molar-refractivity contribution is 6.29. The first-order valence-electron chi connectivity index (χ1n) is 5.79. The van der Waals surface area contributed by atoms with Crippen LogP contribution in [0.5, 0.6) is 0 Å². The monoisotopic (exact) mass is 276 g/mol. The molecule has 2 aromatic rings. The number of hydrogen-bond donors (Lipinski definition) is 1. The van der Waals surface area contributed by atoms with E-state index in [2.05, 4.69) is 10.3 Å². The number of nitrogens with one attached hydrogen (secondary N) is 1. The second-order valence-electron chi connectivity index (χ2n) is 3.90. The molecule has 0 saturated heterocycles. The van der Waals surface area contributed by atoms with E-state index in [1.807, 2.05) is 30.3 Å². The Hall–Kier alpha value is -2.07. The lowest BCUT2D eigenvalue weighted by molar-refractivity contribution is 0.139. The Bertz CT molecular complexity index is 546. The summed E-state index contributed by atoms with van der Waals surface area (Å²) >= 11 is 5.75. The number of rotatable bonds is 4. The fraction of sp³-hybridized carbons (Fsp3) is 0.143. The van der Waals surface area contributed by atoms with E-state index in [0.29, 0.717) is 11.7 Å². The van der Waals surface area contributed by atoms with Gasteiger partial charge >= 0.3 is 6.09 Å². The third-order valence-corrected chi connectivity index (χ3v) is 2.65. The van der Waals surface area contributed by atoms with Gasteiger partial charge in [0.25, 0.3) is 0 Å². The van der Waals surface area contributed by atoms with Gasteiger partial charge in [-0.2, -0.15) is 0 Å². The van der Waals surface area contributed by atoms with Crippen molar-refractivity contribution in [2.75, 3.05) is 0 Å². The summed E-state index contributed by atoms with van der Waals surface area (Å²) in [6, 6.07) is 13.0. The molecule has 0 unspecified atom stereocenters. The Morgan fingerprint density at radius 3 is 2.74 bits per heavy atom. The molecule has 0 aliphatic carbocycles. The first-order chi connectivity index (χ1) is 9.24. The molecule has 0 saturated carbocycles. The summed E-state index contributed by atoms with van der Waals surface area (Å²) in [7, 11) is 0. The van der Waals surface area contributed by atoms with Gasteiger partial charge in [0, 0.05) is 12.7 Å². The fourth-order valence-electron chi connectivity index (χ4n) is 1.50. The van der Waals surface area contributed by atoms with Crippen molar-refractivity contribution in [3.8, 4) is 0 Å². The highest BCUT2D eigenvalue weighted by atomic mass is 35.5. The molecule has 1 heterocycles. The van der Waals surface area contributed by atoms with E-state index in [9.17, 15) is 4.79 Å². The molecule has 0 aliphatic heterocycles. The maximum absolute atomic E-state index is 11.5. The highest BCUT2D eigenvalue weighted by Gasteiger charge is 2.03. The van der Waals surface area contributed by atoms with Gasteiger partial charge in [0.15, 0.2) is 0 Å². The number of benzene rings is 1. The molecule has 0 atom stereocenters. The van der Waals surface area contributed by atoms with Gasteiger partial charge in [0.05, 0.1) is 0 Å². The van der Waals surface area contributed by atoms with Crippen molar-refractivity contribution in [1.29, 1.82) is 0 Å². The first-order valence-corrected chi connectivity index (χ1v) is 6.17. The second kappa shape index (κ2) is 6.75. The van der Waals surface area contributed by atoms with Crippen LogP contribution in [0.2, 0.25) is 5.15 Å². The maximum Gasteiger partial charge on any atom is 0.407 e. The van der Waals surface area contributed by atoms with Crippen molar-refractivity contribution in [1.82, 2.24) is 10.3 Å². The SMILES string of the molecule is O=C(NCc1ccnc(Cl)c1)OCc1ccccc1. The van der Waals surface area contributed by atoms with Crippen molar-refractivity contribution < 1.29 is 9.53 Å². The van der Waals surface area contributed by atoms with E-state index in [-0.39, 0.29) is 6.61 Å². The van der Waals surface area contributed by atoms with E-state index < -0.39 is 6.09 Å². The predicted molar refractivity (Wildman–Crippen MR) is 72.7 cm³/mol. The summed E-state index contributed by atoms with van der Waals surface area (Å²) in [5.41, 5.74) is 1.82. The van der Waals surface area contributed by atoms with Crippen LogP contribution in [0.3, 0.4) is 0 Å². The number of ether oxygens (including phenoxy) is 1. The predicted octanol–water partition coefficient (Wildman–Crippen LogP) is 3.16. The summed E-state index contributed by atoms with van der Waals surface area (Å²) in [4.78, 5) is 15.4. The third kappa shape index (κ3) is 4.60. The molecule has 1 aromatic carbocycles. The van der Waals surface area contributed by atoms with Crippen molar-refractivity contribution in [2.24, 2.45) is 0 Å². The van der Waals surface area contributed by atoms with Crippen molar-refractivity contribution >= 4 is 17.7 Å². The lowest BCUT2D eigenvalue weighted by Crippen LogP contribution is -2.23. The molecule has 0 aliphatic rings. The van der Waals surface area contributed by atoms with E-state index in [4.69, 9.17) is 16.3 Å². The normalized spacial score (nSPS) is 9.95. The number of halogens is 1. The molecule has 1 N–H and O–H groups in total. The van der Waals surface area contributed by atoms with Gasteiger partial charge in [-0.1, -0.05) is 41.9 Å². The van der Waals surface area contributed by atoms with Gasteiger partial charge < -0.3 is 10.1 Å². The standard InChI is InChI=1S/C14H13ClN2O2/c15-13-8-12(6-7-16-13)9-17-14(18)19-10-11-4-2-1-3-5-11/h1-8H,9-10H2,(H,17,18). The quantitative estimate of drug-likeness (QED) is 0.873. The number of alkyl carbamates (subject to hydrolysis) is 1. The summed E-state index contributed by atoms with van der Waals surface area (Å²) in [5, 5.41) is 3.05. The lowest BCUT2D eigenvalue weighted by atomic mass is 10.2. The average Bonchev–Trinajstić information content (AvgIpc) is 2.44. The minimum atomic E-state index is -0.461. The fourth-order valence-corrected chi connectivity index (χ4v) is 1.70. The number of carbonyl (C=O) groups excluding carboxylic acids is 1. The molecule has 5 heteroatoms. The summed E-state index contributed by atoms with van der Waals surface area (Å²) in [6.07, 6.45) is 1.13. The Balaban J connectivity index is 1.76. The van der Waals surface area contributed by atoms with Gasteiger partial charge in [-0.25, -0.2) is 9.78 Å². The molecule has 0 bridgehead atoms. The topological polar surface area (TPSA) is 51.2 Å². The molecule has 1 amide bonds. The van der Waals surface area contributed by atoms with Gasteiger partial charge in [-0.15, -0.1) is 0 Å². The third-order valence-electron chi connectivity index (χ3n) is 2.44. The Morgan fingerprint density at radius 2 is 2.00 bits per heavy atom. The van der Waals surface area contributed by atoms with Crippen LogP contribution >= 0.6 is 11.6 Å². The molecular weight excluding hydrogens is 264 g/mol. The molecular formula is C14H13ClN2O2. The Kier molecular flexibility index (Phi) is 4.75. The second-order valence-corrected chi connectivity index (χ2v) is 4.29. The van der Waals surface area contributed by atoms with E-state index in [0.717, 1.165) is 11.1 Å². The number of hydrogen-bond acceptors (Lipinski definition) is 3. The minimum absolute atomic E-state index is 0.254. The molecule has 2 rings (SSSR count). The Labute approximate surface area is 116 Å². The zero-order valence-electron chi connectivity index (χ0n) is 10.2. The number of carbonyl (C=O) groups is 1. The summed E-state index contributed by atoms with van der Waals surface area (Å²) in [5.74, 6) is 0. The van der Waals surface area contributed by atoms with E-state index >= 15 is 0 Å². The largest absolute Gasteiger partial charge is 0.445 e. The lowest BCUT2D eigenvalue weighted by Gasteiger charge is -2.07. The van der Waals surface area contributed by atoms with Crippen molar-refractivity contribution in [2.45, 2.75) is 13.2 Å². The van der Waals surface area contributed by atoms with Gasteiger partial charge in [-0.3, -0.25) is 0 Å². The highest BCUT2D eigenvalue weighted by Crippen LogP contribution is 2.06. The van der Waals surface area contributed by atoms with Crippen LogP contribution in [0.4, 0.5) is 4.79 Å². The summed E-state index contributed by atoms with van der Waals surface area (Å²) in [6.45, 7) is 0.611. The van der Waals surface area contributed by atoms with E-state index in [1.54, 1.807) is 18.3 Å². The van der Waals surface area contributed by atoms with Crippen LogP contribution in [0, 0.1) is 0 Å². The van der Waals surface area contributed by atoms with Crippen molar-refractivity contribution in [3.63, 3.8) is 0 Å². The first kappa shape index (κ1) is 13.4. The van der Waals surface area contributed by atoms with Gasteiger partial charge in [0.1, 0.15) is 11.8 Å². The van der Waals surface area contributed by atoms with Crippen LogP contribution in [-0.4, -0.2) is 11.1 Å². The molecule has 0 spiro atoms. The van der Waals surface area contributed by atoms with Crippen LogP contribution in [0.25, 0.3) is 0 Å². The Morgan fingerprint density at radius 1 is 1.21 bits per heavy atom. The zero-order chi connectivity index (χ0) is 13.5. The number of pyridine rings is 1. The van der Waals surface area contributed by atoms with E-state index in [1.165, 1.54) is 0 Å². The molecule has 4 nitrogen and oxygen atoms in total.